The molecule has 0 saturated heterocycles. The van der Waals surface area contributed by atoms with E-state index >= 15 is 0 Å². The molecule has 0 aromatic heterocycles. The van der Waals surface area contributed by atoms with Gasteiger partial charge in [-0.3, -0.25) is 9.59 Å². The molecule has 0 unspecified atom stereocenters. The van der Waals surface area contributed by atoms with E-state index in [1.807, 2.05) is 18.2 Å². The quantitative estimate of drug-likeness (QED) is 0.641. The Morgan fingerprint density at radius 2 is 1.47 bits per heavy atom. The van der Waals surface area contributed by atoms with Crippen molar-refractivity contribution in [2.45, 2.75) is 0 Å². The van der Waals surface area contributed by atoms with E-state index in [2.05, 4.69) is 5.32 Å². The lowest BCUT2D eigenvalue weighted by atomic mass is 10.0. The van der Waals surface area contributed by atoms with Crippen molar-refractivity contribution >= 4 is 17.9 Å². The summed E-state index contributed by atoms with van der Waals surface area (Å²) < 4.78 is 0. The van der Waals surface area contributed by atoms with Gasteiger partial charge in [0.05, 0.1) is 0 Å². The van der Waals surface area contributed by atoms with Gasteiger partial charge in [-0.2, -0.15) is 0 Å². The van der Waals surface area contributed by atoms with Gasteiger partial charge in [-0.1, -0.05) is 30.3 Å². The Bertz CT molecular complexity index is 518. The number of benzene rings is 2. The normalized spacial score (nSPS) is 9.65. The van der Waals surface area contributed by atoms with Crippen LogP contribution in [0.2, 0.25) is 0 Å². The van der Waals surface area contributed by atoms with E-state index in [9.17, 15) is 9.59 Å². The maximum atomic E-state index is 12.0. The lowest BCUT2D eigenvalue weighted by molar-refractivity contribution is -0.105. The topological polar surface area (TPSA) is 46.2 Å². The fourth-order valence-corrected chi connectivity index (χ4v) is 1.54. The maximum absolute atomic E-state index is 12.0. The Morgan fingerprint density at radius 3 is 2.06 bits per heavy atom. The highest BCUT2D eigenvalue weighted by Gasteiger charge is 2.07. The van der Waals surface area contributed by atoms with Crippen LogP contribution < -0.4 is 5.32 Å². The third-order valence-electron chi connectivity index (χ3n) is 2.41. The minimum absolute atomic E-state index is 0.0248. The third kappa shape index (κ3) is 2.58. The van der Waals surface area contributed by atoms with Crippen LogP contribution in [0.5, 0.6) is 0 Å². The summed E-state index contributed by atoms with van der Waals surface area (Å²) in [5.74, 6) is -0.0248. The molecule has 0 atom stereocenters. The first kappa shape index (κ1) is 11.1. The minimum atomic E-state index is -0.0248. The summed E-state index contributed by atoms with van der Waals surface area (Å²) in [5, 5.41) is 2.52. The molecule has 0 aliphatic carbocycles. The number of rotatable bonds is 4. The van der Waals surface area contributed by atoms with Gasteiger partial charge in [0.2, 0.25) is 6.41 Å². The van der Waals surface area contributed by atoms with E-state index in [-0.39, 0.29) is 5.78 Å². The highest BCUT2D eigenvalue weighted by atomic mass is 16.1. The predicted octanol–water partition coefficient (Wildman–Crippen LogP) is 2.49. The van der Waals surface area contributed by atoms with Crippen molar-refractivity contribution in [1.29, 1.82) is 0 Å². The molecule has 2 rings (SSSR count). The van der Waals surface area contributed by atoms with Crippen molar-refractivity contribution in [2.24, 2.45) is 0 Å². The fourth-order valence-electron chi connectivity index (χ4n) is 1.54. The first-order valence-corrected chi connectivity index (χ1v) is 5.21. The molecule has 0 aliphatic rings. The average molecular weight is 225 g/mol. The summed E-state index contributed by atoms with van der Waals surface area (Å²) in [7, 11) is 0. The van der Waals surface area contributed by atoms with Crippen molar-refractivity contribution in [3.63, 3.8) is 0 Å². The molecule has 17 heavy (non-hydrogen) atoms. The molecule has 0 bridgehead atoms. The van der Waals surface area contributed by atoms with Crippen LogP contribution in [0, 0.1) is 0 Å². The molecule has 84 valence electrons. The maximum Gasteiger partial charge on any atom is 0.211 e. The zero-order chi connectivity index (χ0) is 12.1. The zero-order valence-corrected chi connectivity index (χ0v) is 9.09. The number of amides is 1. The Morgan fingerprint density at radius 1 is 0.882 bits per heavy atom. The molecular weight excluding hydrogens is 214 g/mol. The molecule has 1 N–H and O–H groups in total. The molecule has 3 nitrogen and oxygen atoms in total. The van der Waals surface area contributed by atoms with Crippen molar-refractivity contribution in [3.05, 3.63) is 65.7 Å². The highest BCUT2D eigenvalue weighted by Crippen LogP contribution is 2.13. The van der Waals surface area contributed by atoms with Gasteiger partial charge in [0.1, 0.15) is 0 Å². The van der Waals surface area contributed by atoms with E-state index < -0.39 is 0 Å². The molecule has 0 saturated carbocycles. The van der Waals surface area contributed by atoms with Crippen molar-refractivity contribution in [3.8, 4) is 0 Å². The van der Waals surface area contributed by atoms with Gasteiger partial charge < -0.3 is 5.32 Å². The molecule has 2 aromatic carbocycles. The van der Waals surface area contributed by atoms with Crippen LogP contribution >= 0.6 is 0 Å². The lowest BCUT2D eigenvalue weighted by Crippen LogP contribution is -2.01. The number of hydrogen-bond donors (Lipinski definition) is 1. The second-order valence-corrected chi connectivity index (χ2v) is 3.53. The van der Waals surface area contributed by atoms with Gasteiger partial charge >= 0.3 is 0 Å². The third-order valence-corrected chi connectivity index (χ3v) is 2.41. The second-order valence-electron chi connectivity index (χ2n) is 3.53. The SMILES string of the molecule is O=CNc1ccc(C(=O)c2ccccc2)cc1. The first-order valence-electron chi connectivity index (χ1n) is 5.21. The molecule has 0 heterocycles. The van der Waals surface area contributed by atoms with Crippen LogP contribution in [0.3, 0.4) is 0 Å². The number of anilines is 1. The smallest absolute Gasteiger partial charge is 0.211 e. The van der Waals surface area contributed by atoms with Gasteiger partial charge in [-0.25, -0.2) is 0 Å². The van der Waals surface area contributed by atoms with Gasteiger partial charge in [0, 0.05) is 16.8 Å². The summed E-state index contributed by atoms with van der Waals surface area (Å²) >= 11 is 0. The van der Waals surface area contributed by atoms with Crippen LogP contribution in [0.15, 0.2) is 54.6 Å². The van der Waals surface area contributed by atoms with Crippen molar-refractivity contribution in [2.75, 3.05) is 5.32 Å². The summed E-state index contributed by atoms with van der Waals surface area (Å²) in [6.45, 7) is 0. The van der Waals surface area contributed by atoms with E-state index in [0.29, 0.717) is 23.2 Å². The Labute approximate surface area is 99.1 Å². The van der Waals surface area contributed by atoms with Crippen LogP contribution in [0.1, 0.15) is 15.9 Å². The van der Waals surface area contributed by atoms with Gasteiger partial charge in [-0.05, 0) is 24.3 Å². The van der Waals surface area contributed by atoms with Gasteiger partial charge in [0.15, 0.2) is 5.78 Å². The Balaban J connectivity index is 2.23. The number of ketones is 1. The molecule has 3 heteroatoms. The monoisotopic (exact) mass is 225 g/mol. The molecule has 0 radical (unpaired) electrons. The lowest BCUT2D eigenvalue weighted by Gasteiger charge is -2.02. The standard InChI is InChI=1S/C14H11NO2/c16-10-15-13-8-6-12(7-9-13)14(17)11-4-2-1-3-5-11/h1-10H,(H,15,16). The largest absolute Gasteiger partial charge is 0.329 e. The number of nitrogens with one attached hydrogen (secondary N) is 1. The zero-order valence-electron chi connectivity index (χ0n) is 9.09. The molecular formula is C14H11NO2. The first-order chi connectivity index (χ1) is 8.31. The van der Waals surface area contributed by atoms with Gasteiger partial charge in [0.25, 0.3) is 0 Å². The summed E-state index contributed by atoms with van der Waals surface area (Å²) in [6, 6.07) is 15.9. The Kier molecular flexibility index (Phi) is 3.31. The molecule has 0 fully saturated rings. The number of carbonyl (C=O) groups excluding carboxylic acids is 2. The minimum Gasteiger partial charge on any atom is -0.329 e. The van der Waals surface area contributed by atoms with Crippen LogP contribution in [-0.4, -0.2) is 12.2 Å². The predicted molar refractivity (Wildman–Crippen MR) is 66.0 cm³/mol. The molecule has 2 aromatic rings. The average Bonchev–Trinajstić information content (AvgIpc) is 2.40. The van der Waals surface area contributed by atoms with Crippen LogP contribution in [0.25, 0.3) is 0 Å². The van der Waals surface area contributed by atoms with Crippen molar-refractivity contribution in [1.82, 2.24) is 0 Å². The summed E-state index contributed by atoms with van der Waals surface area (Å²) in [6.07, 6.45) is 0.605. The summed E-state index contributed by atoms with van der Waals surface area (Å²) in [4.78, 5) is 22.3. The van der Waals surface area contributed by atoms with E-state index in [0.717, 1.165) is 0 Å². The highest BCUT2D eigenvalue weighted by molar-refractivity contribution is 6.09. The van der Waals surface area contributed by atoms with Crippen LogP contribution in [0.4, 0.5) is 5.69 Å². The fraction of sp³-hybridized carbons (Fsp3) is 0. The Hall–Kier alpha value is -2.42. The van der Waals surface area contributed by atoms with Crippen molar-refractivity contribution < 1.29 is 9.59 Å². The molecule has 1 amide bonds. The molecule has 0 spiro atoms. The second kappa shape index (κ2) is 5.07. The van der Waals surface area contributed by atoms with Crippen LogP contribution in [-0.2, 0) is 4.79 Å². The summed E-state index contributed by atoms with van der Waals surface area (Å²) in [5.41, 5.74) is 1.93. The van der Waals surface area contributed by atoms with E-state index in [4.69, 9.17) is 0 Å². The van der Waals surface area contributed by atoms with E-state index in [1.54, 1.807) is 36.4 Å². The van der Waals surface area contributed by atoms with Gasteiger partial charge in [-0.15, -0.1) is 0 Å². The molecule has 0 aliphatic heterocycles. The number of carbonyl (C=O) groups is 2. The number of hydrogen-bond acceptors (Lipinski definition) is 2. The van der Waals surface area contributed by atoms with E-state index in [1.165, 1.54) is 0 Å².